The Morgan fingerprint density at radius 3 is 2.87 bits per heavy atom. The Hall–Kier alpha value is -1.65. The van der Waals surface area contributed by atoms with E-state index in [9.17, 15) is 13.6 Å². The van der Waals surface area contributed by atoms with E-state index < -0.39 is 6.61 Å². The number of hydrogen-bond donors (Lipinski definition) is 1. The monoisotopic (exact) mass is 215 g/mol. The van der Waals surface area contributed by atoms with Crippen molar-refractivity contribution in [2.75, 3.05) is 0 Å². The Kier molecular flexibility index (Phi) is 4.03. The molecule has 0 unspecified atom stereocenters. The Morgan fingerprint density at radius 2 is 2.27 bits per heavy atom. The number of benzene rings is 1. The molecule has 5 heteroatoms. The highest BCUT2D eigenvalue weighted by molar-refractivity contribution is 5.72. The molecular weight excluding hydrogens is 204 g/mol. The van der Waals surface area contributed by atoms with Gasteiger partial charge in [-0.1, -0.05) is 12.1 Å². The second-order valence-electron chi connectivity index (χ2n) is 2.94. The van der Waals surface area contributed by atoms with Crippen molar-refractivity contribution in [2.24, 2.45) is 0 Å². The fraction of sp³-hybridized carbons (Fsp3) is 0.300. The third-order valence-electron chi connectivity index (χ3n) is 1.67. The highest BCUT2D eigenvalue weighted by atomic mass is 19.3. The van der Waals surface area contributed by atoms with E-state index in [-0.39, 0.29) is 11.7 Å². The van der Waals surface area contributed by atoms with Gasteiger partial charge in [-0.3, -0.25) is 4.79 Å². The molecule has 0 spiro atoms. The predicted octanol–water partition coefficient (Wildman–Crippen LogP) is 1.92. The molecule has 0 aliphatic heterocycles. The maximum atomic E-state index is 11.9. The lowest BCUT2D eigenvalue weighted by molar-refractivity contribution is -0.119. The largest absolute Gasteiger partial charge is 0.435 e. The zero-order valence-corrected chi connectivity index (χ0v) is 8.17. The van der Waals surface area contributed by atoms with E-state index in [0.717, 1.165) is 0 Å². The van der Waals surface area contributed by atoms with Crippen molar-refractivity contribution in [1.82, 2.24) is 5.32 Å². The van der Waals surface area contributed by atoms with E-state index in [2.05, 4.69) is 10.1 Å². The van der Waals surface area contributed by atoms with Crippen LogP contribution >= 0.6 is 0 Å². The summed E-state index contributed by atoms with van der Waals surface area (Å²) < 4.78 is 28.0. The van der Waals surface area contributed by atoms with Crippen LogP contribution < -0.4 is 10.1 Å². The lowest BCUT2D eigenvalue weighted by Gasteiger charge is -2.06. The first-order chi connectivity index (χ1) is 7.08. The Labute approximate surface area is 86.0 Å². The number of carbonyl (C=O) groups excluding carboxylic acids is 1. The van der Waals surface area contributed by atoms with E-state index in [1.165, 1.54) is 19.1 Å². The first-order valence-electron chi connectivity index (χ1n) is 4.36. The molecule has 15 heavy (non-hydrogen) atoms. The first-order valence-corrected chi connectivity index (χ1v) is 4.36. The number of rotatable bonds is 4. The van der Waals surface area contributed by atoms with Crippen LogP contribution in [0.15, 0.2) is 24.3 Å². The third-order valence-corrected chi connectivity index (χ3v) is 1.67. The van der Waals surface area contributed by atoms with Gasteiger partial charge in [0.25, 0.3) is 0 Å². The topological polar surface area (TPSA) is 38.3 Å². The lowest BCUT2D eigenvalue weighted by Crippen LogP contribution is -2.18. The van der Waals surface area contributed by atoms with Crippen LogP contribution in [0.3, 0.4) is 0 Å². The summed E-state index contributed by atoms with van der Waals surface area (Å²) in [6.45, 7) is -1.14. The van der Waals surface area contributed by atoms with Gasteiger partial charge in [0.1, 0.15) is 5.75 Å². The number of nitrogens with one attached hydrogen (secondary N) is 1. The maximum absolute atomic E-state index is 11.9. The van der Waals surface area contributed by atoms with Crippen molar-refractivity contribution >= 4 is 5.91 Å². The number of amides is 1. The molecule has 1 aromatic carbocycles. The summed E-state index contributed by atoms with van der Waals surface area (Å²) in [7, 11) is 0. The second kappa shape index (κ2) is 5.29. The van der Waals surface area contributed by atoms with Crippen LogP contribution in [0.1, 0.15) is 12.5 Å². The smallest absolute Gasteiger partial charge is 0.387 e. The van der Waals surface area contributed by atoms with Crippen LogP contribution in [0.2, 0.25) is 0 Å². The van der Waals surface area contributed by atoms with Crippen molar-refractivity contribution < 1.29 is 18.3 Å². The number of ether oxygens (including phenoxy) is 1. The van der Waals surface area contributed by atoms with E-state index in [4.69, 9.17) is 0 Å². The van der Waals surface area contributed by atoms with Crippen LogP contribution in [0, 0.1) is 0 Å². The Morgan fingerprint density at radius 1 is 1.53 bits per heavy atom. The van der Waals surface area contributed by atoms with Crippen molar-refractivity contribution in [3.8, 4) is 5.75 Å². The van der Waals surface area contributed by atoms with Gasteiger partial charge < -0.3 is 10.1 Å². The van der Waals surface area contributed by atoms with E-state index >= 15 is 0 Å². The minimum atomic E-state index is -2.83. The van der Waals surface area contributed by atoms with Gasteiger partial charge in [-0.2, -0.15) is 8.78 Å². The quantitative estimate of drug-likeness (QED) is 0.833. The second-order valence-corrected chi connectivity index (χ2v) is 2.94. The van der Waals surface area contributed by atoms with Gasteiger partial charge >= 0.3 is 6.61 Å². The van der Waals surface area contributed by atoms with E-state index in [1.807, 2.05) is 0 Å². The van der Waals surface area contributed by atoms with Crippen molar-refractivity contribution in [3.63, 3.8) is 0 Å². The zero-order valence-electron chi connectivity index (χ0n) is 8.17. The summed E-state index contributed by atoms with van der Waals surface area (Å²) in [6, 6.07) is 6.20. The highest BCUT2D eigenvalue weighted by Gasteiger charge is 2.04. The molecule has 0 aromatic heterocycles. The molecule has 0 aliphatic carbocycles. The SMILES string of the molecule is CC(=O)NCc1cccc(OC(F)F)c1. The van der Waals surface area contributed by atoms with Crippen LogP contribution in [0.25, 0.3) is 0 Å². The molecule has 0 heterocycles. The van der Waals surface area contributed by atoms with Gasteiger partial charge in [0.2, 0.25) is 5.91 Å². The van der Waals surface area contributed by atoms with Crippen LogP contribution in [-0.2, 0) is 11.3 Å². The van der Waals surface area contributed by atoms with Crippen molar-refractivity contribution in [2.45, 2.75) is 20.1 Å². The van der Waals surface area contributed by atoms with Crippen LogP contribution in [-0.4, -0.2) is 12.5 Å². The Balaban J connectivity index is 2.61. The molecule has 1 rings (SSSR count). The first kappa shape index (κ1) is 11.4. The van der Waals surface area contributed by atoms with E-state index in [1.54, 1.807) is 12.1 Å². The molecule has 0 fully saturated rings. The van der Waals surface area contributed by atoms with Gasteiger partial charge in [0, 0.05) is 13.5 Å². The molecule has 0 atom stereocenters. The average Bonchev–Trinajstić information content (AvgIpc) is 2.14. The fourth-order valence-electron chi connectivity index (χ4n) is 1.06. The summed E-state index contributed by atoms with van der Waals surface area (Å²) in [5.41, 5.74) is 0.711. The molecule has 0 bridgehead atoms. The zero-order chi connectivity index (χ0) is 11.3. The van der Waals surface area contributed by atoms with Gasteiger partial charge in [-0.15, -0.1) is 0 Å². The molecule has 0 saturated heterocycles. The normalized spacial score (nSPS) is 10.1. The summed E-state index contributed by atoms with van der Waals surface area (Å²) in [5.74, 6) is -0.0805. The van der Waals surface area contributed by atoms with Crippen molar-refractivity contribution in [3.05, 3.63) is 29.8 Å². The minimum Gasteiger partial charge on any atom is -0.435 e. The summed E-state index contributed by atoms with van der Waals surface area (Å²) in [5, 5.41) is 2.56. The van der Waals surface area contributed by atoms with Gasteiger partial charge in [0.05, 0.1) is 0 Å². The third kappa shape index (κ3) is 4.39. The number of alkyl halides is 2. The molecule has 0 radical (unpaired) electrons. The summed E-state index contributed by atoms with van der Waals surface area (Å²) in [4.78, 5) is 10.6. The van der Waals surface area contributed by atoms with Crippen LogP contribution in [0.4, 0.5) is 8.78 Å². The van der Waals surface area contributed by atoms with Gasteiger partial charge in [-0.25, -0.2) is 0 Å². The molecular formula is C10H11F2NO2. The molecule has 3 nitrogen and oxygen atoms in total. The Bertz CT molecular complexity index is 342. The van der Waals surface area contributed by atoms with E-state index in [0.29, 0.717) is 12.1 Å². The minimum absolute atomic E-state index is 0.0906. The maximum Gasteiger partial charge on any atom is 0.387 e. The van der Waals surface area contributed by atoms with Crippen LogP contribution in [0.5, 0.6) is 5.75 Å². The molecule has 1 amide bonds. The summed E-state index contributed by atoms with van der Waals surface area (Å²) in [6.07, 6.45) is 0. The van der Waals surface area contributed by atoms with Gasteiger partial charge in [-0.05, 0) is 17.7 Å². The lowest BCUT2D eigenvalue weighted by atomic mass is 10.2. The molecule has 1 N–H and O–H groups in total. The van der Waals surface area contributed by atoms with Crippen molar-refractivity contribution in [1.29, 1.82) is 0 Å². The standard InChI is InChI=1S/C10H11F2NO2/c1-7(14)13-6-8-3-2-4-9(5-8)15-10(11)12/h2-5,10H,6H2,1H3,(H,13,14). The highest BCUT2D eigenvalue weighted by Crippen LogP contribution is 2.15. The fourth-order valence-corrected chi connectivity index (χ4v) is 1.06. The number of carbonyl (C=O) groups is 1. The molecule has 82 valence electrons. The predicted molar refractivity (Wildman–Crippen MR) is 50.6 cm³/mol. The van der Waals surface area contributed by atoms with Gasteiger partial charge in [0.15, 0.2) is 0 Å². The molecule has 0 aliphatic rings. The average molecular weight is 215 g/mol. The number of halogens is 2. The summed E-state index contributed by atoms with van der Waals surface area (Å²) >= 11 is 0. The molecule has 0 saturated carbocycles. The number of hydrogen-bond acceptors (Lipinski definition) is 2. The molecule has 1 aromatic rings.